The lowest BCUT2D eigenvalue weighted by Crippen LogP contribution is -2.13. The molecule has 0 saturated carbocycles. The van der Waals surface area contributed by atoms with E-state index >= 15 is 0 Å². The van der Waals surface area contributed by atoms with Gasteiger partial charge in [-0.1, -0.05) is 0 Å². The fourth-order valence-corrected chi connectivity index (χ4v) is 1.39. The molecule has 2 rings (SSSR count). The third-order valence-corrected chi connectivity index (χ3v) is 2.38. The number of amides is 1. The van der Waals surface area contributed by atoms with Crippen molar-refractivity contribution >= 4 is 27.7 Å². The lowest BCUT2D eigenvalue weighted by molar-refractivity contribution is 0.102. The van der Waals surface area contributed by atoms with Crippen molar-refractivity contribution in [2.45, 2.75) is 0 Å². The zero-order valence-electron chi connectivity index (χ0n) is 8.51. The van der Waals surface area contributed by atoms with Crippen LogP contribution in [0.15, 0.2) is 35.3 Å². The first-order valence-electron chi connectivity index (χ1n) is 4.56. The van der Waals surface area contributed by atoms with Crippen LogP contribution in [0, 0.1) is 0 Å². The van der Waals surface area contributed by atoms with Crippen LogP contribution >= 0.6 is 15.9 Å². The van der Waals surface area contributed by atoms with Crippen molar-refractivity contribution in [1.82, 2.24) is 14.5 Å². The second kappa shape index (κ2) is 4.44. The molecule has 0 saturated heterocycles. The highest BCUT2D eigenvalue weighted by Gasteiger charge is 2.08. The number of hydrogen-bond acceptors (Lipinski definition) is 3. The summed E-state index contributed by atoms with van der Waals surface area (Å²) >= 11 is 3.27. The van der Waals surface area contributed by atoms with E-state index in [2.05, 4.69) is 31.2 Å². The summed E-state index contributed by atoms with van der Waals surface area (Å²) in [6.45, 7) is 0. The summed E-state index contributed by atoms with van der Waals surface area (Å²) in [6.07, 6.45) is 4.84. The number of aromatic nitrogens is 3. The number of halogens is 1. The van der Waals surface area contributed by atoms with Crippen LogP contribution in [-0.4, -0.2) is 20.4 Å². The number of imidazole rings is 1. The highest BCUT2D eigenvalue weighted by atomic mass is 79.9. The van der Waals surface area contributed by atoms with E-state index in [-0.39, 0.29) is 5.91 Å². The van der Waals surface area contributed by atoms with Gasteiger partial charge in [0.25, 0.3) is 5.91 Å². The SMILES string of the molecule is Cn1cnc(C(=O)Nc2ccc(Br)cn2)c1. The van der Waals surface area contributed by atoms with E-state index in [1.807, 2.05) is 7.05 Å². The fraction of sp³-hybridized carbons (Fsp3) is 0.100. The zero-order valence-corrected chi connectivity index (χ0v) is 10.1. The van der Waals surface area contributed by atoms with Crippen molar-refractivity contribution in [3.8, 4) is 0 Å². The van der Waals surface area contributed by atoms with Gasteiger partial charge >= 0.3 is 0 Å². The van der Waals surface area contributed by atoms with Gasteiger partial charge in [0.1, 0.15) is 11.5 Å². The minimum absolute atomic E-state index is 0.268. The maximum absolute atomic E-state index is 11.7. The predicted molar refractivity (Wildman–Crippen MR) is 63.1 cm³/mol. The van der Waals surface area contributed by atoms with Crippen LogP contribution in [0.3, 0.4) is 0 Å². The molecule has 2 aromatic heterocycles. The highest BCUT2D eigenvalue weighted by molar-refractivity contribution is 9.10. The standard InChI is InChI=1S/C10H9BrN4O/c1-15-5-8(13-6-15)10(16)14-9-3-2-7(11)4-12-9/h2-6H,1H3,(H,12,14,16). The van der Waals surface area contributed by atoms with Crippen molar-refractivity contribution in [2.75, 3.05) is 5.32 Å². The topological polar surface area (TPSA) is 59.8 Å². The maximum atomic E-state index is 11.7. The number of anilines is 1. The summed E-state index contributed by atoms with van der Waals surface area (Å²) in [4.78, 5) is 19.7. The molecule has 0 aliphatic carbocycles. The van der Waals surface area contributed by atoms with Gasteiger partial charge in [-0.3, -0.25) is 4.79 Å². The molecule has 1 amide bonds. The average molecular weight is 281 g/mol. The van der Waals surface area contributed by atoms with Crippen molar-refractivity contribution in [2.24, 2.45) is 7.05 Å². The van der Waals surface area contributed by atoms with Crippen LogP contribution in [0.25, 0.3) is 0 Å². The Bertz CT molecular complexity index is 506. The number of carbonyl (C=O) groups excluding carboxylic acids is 1. The fourth-order valence-electron chi connectivity index (χ4n) is 1.16. The van der Waals surface area contributed by atoms with Crippen LogP contribution in [0.1, 0.15) is 10.5 Å². The summed E-state index contributed by atoms with van der Waals surface area (Å²) < 4.78 is 2.58. The van der Waals surface area contributed by atoms with Gasteiger partial charge < -0.3 is 9.88 Å². The van der Waals surface area contributed by atoms with E-state index in [4.69, 9.17) is 0 Å². The summed E-state index contributed by atoms with van der Waals surface area (Å²) in [5.74, 6) is 0.231. The van der Waals surface area contributed by atoms with Crippen molar-refractivity contribution < 1.29 is 4.79 Å². The van der Waals surface area contributed by atoms with Gasteiger partial charge in [0.05, 0.1) is 6.33 Å². The maximum Gasteiger partial charge on any atom is 0.276 e. The normalized spacial score (nSPS) is 10.1. The van der Waals surface area contributed by atoms with E-state index in [1.54, 1.807) is 35.4 Å². The Hall–Kier alpha value is -1.69. The second-order valence-corrected chi connectivity index (χ2v) is 4.16. The van der Waals surface area contributed by atoms with Crippen LogP contribution in [0.2, 0.25) is 0 Å². The highest BCUT2D eigenvalue weighted by Crippen LogP contribution is 2.11. The lowest BCUT2D eigenvalue weighted by Gasteiger charge is -2.01. The molecule has 0 fully saturated rings. The van der Waals surface area contributed by atoms with Gasteiger partial charge in [-0.15, -0.1) is 0 Å². The molecule has 1 N–H and O–H groups in total. The molecule has 0 atom stereocenters. The van der Waals surface area contributed by atoms with Crippen LogP contribution in [0.4, 0.5) is 5.82 Å². The first-order valence-corrected chi connectivity index (χ1v) is 5.35. The Morgan fingerprint density at radius 3 is 2.81 bits per heavy atom. The third kappa shape index (κ3) is 2.46. The van der Waals surface area contributed by atoms with Crippen molar-refractivity contribution in [3.05, 3.63) is 41.0 Å². The Balaban J connectivity index is 2.10. The van der Waals surface area contributed by atoms with Crippen molar-refractivity contribution in [1.29, 1.82) is 0 Å². The van der Waals surface area contributed by atoms with E-state index in [0.29, 0.717) is 11.5 Å². The molecule has 2 aromatic rings. The number of rotatable bonds is 2. The summed E-state index contributed by atoms with van der Waals surface area (Å²) in [5, 5.41) is 2.65. The Morgan fingerprint density at radius 1 is 1.44 bits per heavy atom. The first-order chi connectivity index (χ1) is 7.65. The number of pyridine rings is 1. The quantitative estimate of drug-likeness (QED) is 0.913. The Labute approximate surface area is 101 Å². The second-order valence-electron chi connectivity index (χ2n) is 3.24. The number of nitrogens with one attached hydrogen (secondary N) is 1. The smallest absolute Gasteiger partial charge is 0.276 e. The summed E-state index contributed by atoms with van der Waals surface area (Å²) in [5.41, 5.74) is 0.368. The molecular formula is C10H9BrN4O. The third-order valence-electron chi connectivity index (χ3n) is 1.91. The van der Waals surface area contributed by atoms with E-state index in [9.17, 15) is 4.79 Å². The predicted octanol–water partition coefficient (Wildman–Crippen LogP) is 1.83. The molecule has 0 bridgehead atoms. The molecule has 0 spiro atoms. The Morgan fingerprint density at radius 2 is 2.25 bits per heavy atom. The zero-order chi connectivity index (χ0) is 11.5. The number of aryl methyl sites for hydroxylation is 1. The van der Waals surface area contributed by atoms with E-state index in [0.717, 1.165) is 4.47 Å². The van der Waals surface area contributed by atoms with E-state index < -0.39 is 0 Å². The average Bonchev–Trinajstić information content (AvgIpc) is 2.68. The van der Waals surface area contributed by atoms with Gasteiger partial charge in [0.15, 0.2) is 0 Å². The molecule has 0 aliphatic rings. The Kier molecular flexibility index (Phi) is 3.00. The number of nitrogens with zero attached hydrogens (tertiary/aromatic N) is 3. The van der Waals surface area contributed by atoms with Crippen LogP contribution in [-0.2, 0) is 7.05 Å². The minimum atomic E-state index is -0.268. The minimum Gasteiger partial charge on any atom is -0.340 e. The molecule has 2 heterocycles. The molecule has 0 unspecified atom stereocenters. The monoisotopic (exact) mass is 280 g/mol. The lowest BCUT2D eigenvalue weighted by atomic mass is 10.4. The molecular weight excluding hydrogens is 272 g/mol. The van der Waals surface area contributed by atoms with Gasteiger partial charge in [-0.2, -0.15) is 0 Å². The van der Waals surface area contributed by atoms with Gasteiger partial charge in [-0.05, 0) is 28.1 Å². The van der Waals surface area contributed by atoms with Gasteiger partial charge in [0.2, 0.25) is 0 Å². The molecule has 0 radical (unpaired) electrons. The summed E-state index contributed by atoms with van der Waals surface area (Å²) in [7, 11) is 1.81. The van der Waals surface area contributed by atoms with Crippen molar-refractivity contribution in [3.63, 3.8) is 0 Å². The van der Waals surface area contributed by atoms with Gasteiger partial charge in [0, 0.05) is 23.9 Å². The molecule has 5 nitrogen and oxygen atoms in total. The number of carbonyl (C=O) groups is 1. The van der Waals surface area contributed by atoms with Gasteiger partial charge in [-0.25, -0.2) is 9.97 Å². The molecule has 0 aliphatic heterocycles. The van der Waals surface area contributed by atoms with E-state index in [1.165, 1.54) is 0 Å². The van der Waals surface area contributed by atoms with Crippen LogP contribution in [0.5, 0.6) is 0 Å². The number of hydrogen-bond donors (Lipinski definition) is 1. The summed E-state index contributed by atoms with van der Waals surface area (Å²) in [6, 6.07) is 3.52. The molecule has 0 aromatic carbocycles. The largest absolute Gasteiger partial charge is 0.340 e. The molecule has 16 heavy (non-hydrogen) atoms. The molecule has 6 heteroatoms. The van der Waals surface area contributed by atoms with Crippen LogP contribution < -0.4 is 5.32 Å². The first kappa shape index (κ1) is 10.8. The molecule has 82 valence electrons.